The van der Waals surface area contributed by atoms with Crippen molar-refractivity contribution in [2.24, 2.45) is 5.73 Å². The lowest BCUT2D eigenvalue weighted by molar-refractivity contribution is 0.301. The van der Waals surface area contributed by atoms with Gasteiger partial charge in [-0.3, -0.25) is 0 Å². The van der Waals surface area contributed by atoms with Gasteiger partial charge in [-0.1, -0.05) is 24.4 Å². The highest BCUT2D eigenvalue weighted by molar-refractivity contribution is 7.80. The molecule has 4 heteroatoms. The molecule has 0 heterocycles. The quantitative estimate of drug-likeness (QED) is 0.754. The third-order valence-corrected chi connectivity index (χ3v) is 1.64. The predicted octanol–water partition coefficient (Wildman–Crippen LogP) is 1.75. The molecule has 0 atom stereocenters. The molecule has 2 N–H and O–H groups in total. The molecule has 0 aliphatic carbocycles. The monoisotopic (exact) mass is 211 g/mol. The highest BCUT2D eigenvalue weighted by Crippen LogP contribution is 2.25. The molecular weight excluding hydrogens is 198 g/mol. The smallest absolute Gasteiger partial charge is 0.161 e. The van der Waals surface area contributed by atoms with Gasteiger partial charge in [0, 0.05) is 0 Å². The Labute approximate surface area is 88.8 Å². The Hall–Kier alpha value is -1.29. The first-order chi connectivity index (χ1) is 6.74. The molecule has 1 aromatic rings. The molecule has 0 aliphatic heterocycles. The summed E-state index contributed by atoms with van der Waals surface area (Å²) in [5, 5.41) is 0. The molecule has 0 bridgehead atoms. The molecule has 0 saturated heterocycles. The Morgan fingerprint density at radius 1 is 1.29 bits per heavy atom. The summed E-state index contributed by atoms with van der Waals surface area (Å²) in [5.41, 5.74) is 5.33. The van der Waals surface area contributed by atoms with Crippen LogP contribution in [0.25, 0.3) is 0 Å². The standard InChI is InChI=1S/C10H13NO2S/c1-2-12-8-5-3-4-6-9(8)13-7-10(11)14/h3-6H,2,7H2,1H3,(H2,11,14). The van der Waals surface area contributed by atoms with Gasteiger partial charge >= 0.3 is 0 Å². The maximum Gasteiger partial charge on any atom is 0.161 e. The summed E-state index contributed by atoms with van der Waals surface area (Å²) < 4.78 is 10.7. The molecule has 0 saturated carbocycles. The second kappa shape index (κ2) is 5.44. The molecule has 0 fully saturated rings. The zero-order valence-corrected chi connectivity index (χ0v) is 8.84. The molecule has 14 heavy (non-hydrogen) atoms. The van der Waals surface area contributed by atoms with Gasteiger partial charge in [0.15, 0.2) is 11.5 Å². The lowest BCUT2D eigenvalue weighted by atomic mass is 10.3. The summed E-state index contributed by atoms with van der Waals surface area (Å²) in [4.78, 5) is 0.330. The number of ether oxygens (including phenoxy) is 2. The van der Waals surface area contributed by atoms with E-state index in [2.05, 4.69) is 0 Å². The maximum atomic E-state index is 5.36. The van der Waals surface area contributed by atoms with Gasteiger partial charge < -0.3 is 15.2 Å². The van der Waals surface area contributed by atoms with Crippen molar-refractivity contribution >= 4 is 17.2 Å². The van der Waals surface area contributed by atoms with Crippen LogP contribution in [-0.2, 0) is 0 Å². The largest absolute Gasteiger partial charge is 0.490 e. The van der Waals surface area contributed by atoms with Gasteiger partial charge in [0.2, 0.25) is 0 Å². The molecule has 0 radical (unpaired) electrons. The van der Waals surface area contributed by atoms with E-state index in [1.54, 1.807) is 0 Å². The van der Waals surface area contributed by atoms with Crippen LogP contribution >= 0.6 is 12.2 Å². The molecule has 0 amide bonds. The van der Waals surface area contributed by atoms with Crippen molar-refractivity contribution < 1.29 is 9.47 Å². The number of para-hydroxylation sites is 2. The van der Waals surface area contributed by atoms with Crippen LogP contribution in [0, 0.1) is 0 Å². The number of nitrogens with two attached hydrogens (primary N) is 1. The molecule has 0 aromatic heterocycles. The molecule has 0 aliphatic rings. The number of rotatable bonds is 5. The summed E-state index contributed by atoms with van der Waals surface area (Å²) in [7, 11) is 0. The van der Waals surface area contributed by atoms with Crippen LogP contribution in [0.15, 0.2) is 24.3 Å². The normalized spacial score (nSPS) is 9.50. The number of hydrogen-bond acceptors (Lipinski definition) is 3. The highest BCUT2D eigenvalue weighted by atomic mass is 32.1. The second-order valence-electron chi connectivity index (χ2n) is 2.63. The van der Waals surface area contributed by atoms with Crippen molar-refractivity contribution in [3.05, 3.63) is 24.3 Å². The van der Waals surface area contributed by atoms with Gasteiger partial charge in [-0.2, -0.15) is 0 Å². The Kier molecular flexibility index (Phi) is 4.19. The lowest BCUT2D eigenvalue weighted by Gasteiger charge is -2.10. The molecule has 0 spiro atoms. The Balaban J connectivity index is 2.68. The van der Waals surface area contributed by atoms with E-state index in [9.17, 15) is 0 Å². The SMILES string of the molecule is CCOc1ccccc1OCC(N)=S. The van der Waals surface area contributed by atoms with Crippen LogP contribution in [0.5, 0.6) is 11.5 Å². The average molecular weight is 211 g/mol. The van der Waals surface area contributed by atoms with Crippen LogP contribution in [0.2, 0.25) is 0 Å². The Morgan fingerprint density at radius 3 is 2.36 bits per heavy atom. The fraction of sp³-hybridized carbons (Fsp3) is 0.300. The third-order valence-electron chi connectivity index (χ3n) is 1.52. The van der Waals surface area contributed by atoms with Gasteiger partial charge in [-0.25, -0.2) is 0 Å². The van der Waals surface area contributed by atoms with Crippen LogP contribution in [0.3, 0.4) is 0 Å². The predicted molar refractivity (Wildman–Crippen MR) is 59.9 cm³/mol. The van der Waals surface area contributed by atoms with Gasteiger partial charge in [0.1, 0.15) is 11.6 Å². The maximum absolute atomic E-state index is 5.36. The molecule has 76 valence electrons. The van der Waals surface area contributed by atoms with Gasteiger partial charge in [-0.15, -0.1) is 0 Å². The number of benzene rings is 1. The van der Waals surface area contributed by atoms with Crippen LogP contribution in [0.1, 0.15) is 6.92 Å². The van der Waals surface area contributed by atoms with Gasteiger partial charge in [-0.05, 0) is 19.1 Å². The van der Waals surface area contributed by atoms with E-state index in [0.717, 1.165) is 0 Å². The minimum Gasteiger partial charge on any atom is -0.490 e. The fourth-order valence-electron chi connectivity index (χ4n) is 0.993. The van der Waals surface area contributed by atoms with Crippen LogP contribution in [-0.4, -0.2) is 18.2 Å². The van der Waals surface area contributed by atoms with Crippen molar-refractivity contribution in [2.45, 2.75) is 6.92 Å². The summed E-state index contributed by atoms with van der Waals surface area (Å²) in [6, 6.07) is 7.43. The minimum absolute atomic E-state index is 0.236. The van der Waals surface area contributed by atoms with E-state index in [1.165, 1.54) is 0 Å². The van der Waals surface area contributed by atoms with E-state index in [1.807, 2.05) is 31.2 Å². The summed E-state index contributed by atoms with van der Waals surface area (Å²) in [5.74, 6) is 1.38. The van der Waals surface area contributed by atoms with Crippen LogP contribution in [0.4, 0.5) is 0 Å². The molecule has 3 nitrogen and oxygen atoms in total. The Morgan fingerprint density at radius 2 is 1.86 bits per heavy atom. The summed E-state index contributed by atoms with van der Waals surface area (Å²) in [6.45, 7) is 2.76. The van der Waals surface area contributed by atoms with Crippen LogP contribution < -0.4 is 15.2 Å². The molecule has 1 aromatic carbocycles. The highest BCUT2D eigenvalue weighted by Gasteiger charge is 2.02. The van der Waals surface area contributed by atoms with Crippen molar-refractivity contribution in [1.29, 1.82) is 0 Å². The zero-order chi connectivity index (χ0) is 10.4. The first-order valence-electron chi connectivity index (χ1n) is 4.37. The first-order valence-corrected chi connectivity index (χ1v) is 4.77. The summed E-state index contributed by atoms with van der Waals surface area (Å²) >= 11 is 4.71. The second-order valence-corrected chi connectivity index (χ2v) is 3.16. The van der Waals surface area contributed by atoms with E-state index >= 15 is 0 Å². The molecular formula is C10H13NO2S. The molecule has 1 rings (SSSR count). The average Bonchev–Trinajstić information content (AvgIpc) is 2.17. The molecule has 0 unspecified atom stereocenters. The number of hydrogen-bond donors (Lipinski definition) is 1. The third kappa shape index (κ3) is 3.22. The zero-order valence-electron chi connectivity index (χ0n) is 8.03. The van der Waals surface area contributed by atoms with Crippen molar-refractivity contribution in [3.63, 3.8) is 0 Å². The van der Waals surface area contributed by atoms with E-state index in [0.29, 0.717) is 23.1 Å². The Bertz CT molecular complexity index is 315. The lowest BCUT2D eigenvalue weighted by Crippen LogP contribution is -2.18. The van der Waals surface area contributed by atoms with E-state index in [-0.39, 0.29) is 6.61 Å². The minimum atomic E-state index is 0.236. The topological polar surface area (TPSA) is 44.5 Å². The van der Waals surface area contributed by atoms with Gasteiger partial charge in [0.05, 0.1) is 6.61 Å². The van der Waals surface area contributed by atoms with E-state index < -0.39 is 0 Å². The number of thiocarbonyl (C=S) groups is 1. The summed E-state index contributed by atoms with van der Waals surface area (Å²) in [6.07, 6.45) is 0. The van der Waals surface area contributed by atoms with Crippen molar-refractivity contribution in [3.8, 4) is 11.5 Å². The van der Waals surface area contributed by atoms with Gasteiger partial charge in [0.25, 0.3) is 0 Å². The van der Waals surface area contributed by atoms with Crippen molar-refractivity contribution in [2.75, 3.05) is 13.2 Å². The van der Waals surface area contributed by atoms with Crippen molar-refractivity contribution in [1.82, 2.24) is 0 Å². The van der Waals surface area contributed by atoms with E-state index in [4.69, 9.17) is 27.4 Å². The fourth-order valence-corrected chi connectivity index (χ4v) is 1.05. The first kappa shape index (κ1) is 10.8.